The summed E-state index contributed by atoms with van der Waals surface area (Å²) < 4.78 is 1.78. The molecule has 1 heterocycles. The monoisotopic (exact) mass is 264 g/mol. The maximum atomic E-state index is 6.00. The van der Waals surface area contributed by atoms with Crippen molar-refractivity contribution in [2.24, 2.45) is 11.8 Å². The van der Waals surface area contributed by atoms with Crippen molar-refractivity contribution >= 4 is 11.6 Å². The van der Waals surface area contributed by atoms with Crippen LogP contribution in [-0.4, -0.2) is 26.1 Å². The molecule has 1 unspecified atom stereocenters. The van der Waals surface area contributed by atoms with E-state index in [0.29, 0.717) is 17.7 Å². The molecule has 1 aromatic carbocycles. The van der Waals surface area contributed by atoms with Gasteiger partial charge in [0.2, 0.25) is 0 Å². The van der Waals surface area contributed by atoms with Gasteiger partial charge in [-0.1, -0.05) is 32.0 Å². The van der Waals surface area contributed by atoms with Gasteiger partial charge >= 0.3 is 0 Å². The normalized spacial score (nSPS) is 12.9. The van der Waals surface area contributed by atoms with Gasteiger partial charge in [-0.05, 0) is 34.4 Å². The minimum absolute atomic E-state index is 0.389. The van der Waals surface area contributed by atoms with Crippen LogP contribution in [0.1, 0.15) is 19.7 Å². The number of hydrogen-bond donors (Lipinski definition) is 0. The molecule has 0 aliphatic heterocycles. The summed E-state index contributed by atoms with van der Waals surface area (Å²) in [5.41, 5.74) is 0.981. The van der Waals surface area contributed by atoms with Crippen molar-refractivity contribution < 1.29 is 0 Å². The Balaban J connectivity index is 2.23. The van der Waals surface area contributed by atoms with Gasteiger partial charge in [0.25, 0.3) is 0 Å². The number of para-hydroxylation sites is 1. The van der Waals surface area contributed by atoms with Gasteiger partial charge in [0.05, 0.1) is 5.69 Å². The highest BCUT2D eigenvalue weighted by molar-refractivity contribution is 6.18. The van der Waals surface area contributed by atoms with Crippen LogP contribution in [0.25, 0.3) is 5.69 Å². The van der Waals surface area contributed by atoms with Crippen molar-refractivity contribution in [1.29, 1.82) is 0 Å². The zero-order valence-electron chi connectivity index (χ0n) is 10.6. The molecule has 0 radical (unpaired) electrons. The average Bonchev–Trinajstić information content (AvgIpc) is 2.84. The van der Waals surface area contributed by atoms with Crippen molar-refractivity contribution in [2.45, 2.75) is 20.3 Å². The van der Waals surface area contributed by atoms with Crippen LogP contribution in [0.15, 0.2) is 30.3 Å². The van der Waals surface area contributed by atoms with E-state index in [1.54, 1.807) is 4.68 Å². The molecule has 0 aliphatic rings. The van der Waals surface area contributed by atoms with Crippen LogP contribution in [0.4, 0.5) is 0 Å². The SMILES string of the molecule is CC(C)C(CCl)Cc1nnnn1-c1ccccc1. The molecule has 0 saturated heterocycles. The van der Waals surface area contributed by atoms with E-state index in [4.69, 9.17) is 11.6 Å². The maximum Gasteiger partial charge on any atom is 0.157 e. The smallest absolute Gasteiger partial charge is 0.157 e. The lowest BCUT2D eigenvalue weighted by Crippen LogP contribution is -2.17. The molecule has 96 valence electrons. The van der Waals surface area contributed by atoms with E-state index in [1.807, 2.05) is 30.3 Å². The van der Waals surface area contributed by atoms with Gasteiger partial charge in [0.1, 0.15) is 0 Å². The van der Waals surface area contributed by atoms with E-state index in [9.17, 15) is 0 Å². The van der Waals surface area contributed by atoms with Gasteiger partial charge in [0, 0.05) is 12.3 Å². The fourth-order valence-electron chi connectivity index (χ4n) is 1.81. The number of tetrazole rings is 1. The van der Waals surface area contributed by atoms with Crippen LogP contribution in [-0.2, 0) is 6.42 Å². The van der Waals surface area contributed by atoms with Crippen LogP contribution in [0.5, 0.6) is 0 Å². The number of alkyl halides is 1. The molecule has 5 heteroatoms. The van der Waals surface area contributed by atoms with E-state index in [1.165, 1.54) is 0 Å². The van der Waals surface area contributed by atoms with Crippen LogP contribution >= 0.6 is 11.6 Å². The zero-order valence-corrected chi connectivity index (χ0v) is 11.4. The number of halogens is 1. The summed E-state index contributed by atoms with van der Waals surface area (Å²) in [5.74, 6) is 2.39. The second-order valence-corrected chi connectivity index (χ2v) is 5.01. The summed E-state index contributed by atoms with van der Waals surface area (Å²) in [5, 5.41) is 11.9. The Morgan fingerprint density at radius 3 is 2.56 bits per heavy atom. The summed E-state index contributed by atoms with van der Waals surface area (Å²) in [7, 11) is 0. The van der Waals surface area contributed by atoms with E-state index in [0.717, 1.165) is 17.9 Å². The lowest BCUT2D eigenvalue weighted by atomic mass is 9.94. The van der Waals surface area contributed by atoms with Gasteiger partial charge in [-0.25, -0.2) is 0 Å². The summed E-state index contributed by atoms with van der Waals surface area (Å²) in [6, 6.07) is 9.91. The lowest BCUT2D eigenvalue weighted by Gasteiger charge is -2.17. The number of aromatic nitrogens is 4. The first-order valence-corrected chi connectivity index (χ1v) is 6.64. The first-order chi connectivity index (χ1) is 8.72. The standard InChI is InChI=1S/C13H17ClN4/c1-10(2)11(9-14)8-13-15-16-17-18(13)12-6-4-3-5-7-12/h3-7,10-11H,8-9H2,1-2H3. The van der Waals surface area contributed by atoms with E-state index in [2.05, 4.69) is 29.4 Å². The molecule has 1 aromatic heterocycles. The summed E-state index contributed by atoms with van der Waals surface area (Å²) in [6.07, 6.45) is 0.795. The van der Waals surface area contributed by atoms with Crippen molar-refractivity contribution in [1.82, 2.24) is 20.2 Å². The maximum absolute atomic E-state index is 6.00. The molecule has 2 aromatic rings. The number of nitrogens with zero attached hydrogens (tertiary/aromatic N) is 4. The predicted molar refractivity (Wildman–Crippen MR) is 71.9 cm³/mol. The minimum Gasteiger partial charge on any atom is -0.197 e. The highest BCUT2D eigenvalue weighted by atomic mass is 35.5. The molecular weight excluding hydrogens is 248 g/mol. The molecule has 18 heavy (non-hydrogen) atoms. The fourth-order valence-corrected chi connectivity index (χ4v) is 2.27. The Labute approximate surface area is 112 Å². The van der Waals surface area contributed by atoms with E-state index < -0.39 is 0 Å². The van der Waals surface area contributed by atoms with Crippen molar-refractivity contribution in [3.63, 3.8) is 0 Å². The summed E-state index contributed by atoms with van der Waals surface area (Å²) in [4.78, 5) is 0. The Kier molecular flexibility index (Phi) is 4.31. The zero-order chi connectivity index (χ0) is 13.0. The van der Waals surface area contributed by atoms with Crippen molar-refractivity contribution in [3.05, 3.63) is 36.2 Å². The van der Waals surface area contributed by atoms with Crippen molar-refractivity contribution in [3.8, 4) is 5.69 Å². The Morgan fingerprint density at radius 1 is 1.22 bits per heavy atom. The predicted octanol–water partition coefficient (Wildman–Crippen LogP) is 2.72. The van der Waals surface area contributed by atoms with Gasteiger partial charge in [-0.15, -0.1) is 16.7 Å². The Morgan fingerprint density at radius 2 is 1.94 bits per heavy atom. The second-order valence-electron chi connectivity index (χ2n) is 4.70. The van der Waals surface area contributed by atoms with Crippen LogP contribution < -0.4 is 0 Å². The summed E-state index contributed by atoms with van der Waals surface area (Å²) >= 11 is 6.00. The molecule has 1 atom stereocenters. The first-order valence-electron chi connectivity index (χ1n) is 6.11. The molecule has 0 saturated carbocycles. The molecule has 0 spiro atoms. The Hall–Kier alpha value is -1.42. The van der Waals surface area contributed by atoms with Gasteiger partial charge in [-0.3, -0.25) is 0 Å². The molecule has 0 N–H and O–H groups in total. The molecule has 0 aliphatic carbocycles. The highest BCUT2D eigenvalue weighted by Crippen LogP contribution is 2.18. The first kappa shape index (κ1) is 13.0. The highest BCUT2D eigenvalue weighted by Gasteiger charge is 2.17. The van der Waals surface area contributed by atoms with Gasteiger partial charge in [-0.2, -0.15) is 4.68 Å². The largest absolute Gasteiger partial charge is 0.197 e. The Bertz CT molecular complexity index is 481. The van der Waals surface area contributed by atoms with Gasteiger partial charge in [0.15, 0.2) is 5.82 Å². The minimum atomic E-state index is 0.389. The third kappa shape index (κ3) is 2.88. The third-order valence-electron chi connectivity index (χ3n) is 3.12. The number of benzene rings is 1. The molecule has 0 fully saturated rings. The van der Waals surface area contributed by atoms with E-state index in [-0.39, 0.29) is 0 Å². The number of hydrogen-bond acceptors (Lipinski definition) is 3. The topological polar surface area (TPSA) is 43.6 Å². The molecule has 0 amide bonds. The van der Waals surface area contributed by atoms with Gasteiger partial charge < -0.3 is 0 Å². The summed E-state index contributed by atoms with van der Waals surface area (Å²) in [6.45, 7) is 4.34. The quantitative estimate of drug-likeness (QED) is 0.780. The van der Waals surface area contributed by atoms with Crippen LogP contribution in [0.3, 0.4) is 0 Å². The average molecular weight is 265 g/mol. The molecule has 4 nitrogen and oxygen atoms in total. The van der Waals surface area contributed by atoms with E-state index >= 15 is 0 Å². The fraction of sp³-hybridized carbons (Fsp3) is 0.462. The number of rotatable bonds is 5. The molecular formula is C13H17ClN4. The second kappa shape index (κ2) is 5.96. The van der Waals surface area contributed by atoms with Crippen LogP contribution in [0.2, 0.25) is 0 Å². The lowest BCUT2D eigenvalue weighted by molar-refractivity contribution is 0.411. The molecule has 0 bridgehead atoms. The third-order valence-corrected chi connectivity index (χ3v) is 3.52. The van der Waals surface area contributed by atoms with Crippen LogP contribution in [0, 0.1) is 11.8 Å². The van der Waals surface area contributed by atoms with Crippen molar-refractivity contribution in [2.75, 3.05) is 5.88 Å². The molecule has 2 rings (SSSR count).